The fourth-order valence-corrected chi connectivity index (χ4v) is 0.915. The summed E-state index contributed by atoms with van der Waals surface area (Å²) in [6, 6.07) is 3.15. The molecule has 0 N–H and O–H groups in total. The van der Waals surface area contributed by atoms with Crippen LogP contribution in [0.2, 0.25) is 0 Å². The monoisotopic (exact) mass is 216 g/mol. The average molecular weight is 216 g/mol. The van der Waals surface area contributed by atoms with Gasteiger partial charge in [0.25, 0.3) is 0 Å². The summed E-state index contributed by atoms with van der Waals surface area (Å²) in [5, 5.41) is 8.48. The van der Waals surface area contributed by atoms with Crippen LogP contribution in [0.1, 0.15) is 11.3 Å². The molecule has 1 aromatic rings. The number of pyridine rings is 1. The topological polar surface area (TPSA) is 45.9 Å². The lowest BCUT2D eigenvalue weighted by Crippen LogP contribution is -2.19. The van der Waals surface area contributed by atoms with Crippen LogP contribution in [0.4, 0.5) is 13.2 Å². The number of aryl methyl sites for hydroxylation is 1. The second-order valence-corrected chi connectivity index (χ2v) is 2.85. The molecular weight excluding hydrogens is 209 g/mol. The van der Waals surface area contributed by atoms with Crippen molar-refractivity contribution in [2.75, 3.05) is 6.61 Å². The van der Waals surface area contributed by atoms with E-state index in [2.05, 4.69) is 9.72 Å². The highest BCUT2D eigenvalue weighted by molar-refractivity contribution is 5.35. The van der Waals surface area contributed by atoms with Gasteiger partial charge in [0.1, 0.15) is 17.5 Å². The van der Waals surface area contributed by atoms with Crippen LogP contribution in [0.15, 0.2) is 12.3 Å². The third-order valence-corrected chi connectivity index (χ3v) is 1.57. The first-order chi connectivity index (χ1) is 6.92. The van der Waals surface area contributed by atoms with Gasteiger partial charge in [-0.2, -0.15) is 18.4 Å². The lowest BCUT2D eigenvalue weighted by Gasteiger charge is -2.10. The third-order valence-electron chi connectivity index (χ3n) is 1.57. The molecular formula is C9H7F3N2O. The Morgan fingerprint density at radius 3 is 2.67 bits per heavy atom. The Morgan fingerprint density at radius 2 is 2.20 bits per heavy atom. The largest absolute Gasteiger partial charge is 0.482 e. The molecule has 15 heavy (non-hydrogen) atoms. The Labute approximate surface area is 84.1 Å². The summed E-state index contributed by atoms with van der Waals surface area (Å²) in [5.74, 6) is 0.0336. The maximum atomic E-state index is 11.8. The number of hydrogen-bond acceptors (Lipinski definition) is 3. The molecule has 1 rings (SSSR count). The van der Waals surface area contributed by atoms with Crippen molar-refractivity contribution in [3.05, 3.63) is 23.5 Å². The molecule has 1 heterocycles. The molecule has 80 valence electrons. The summed E-state index contributed by atoms with van der Waals surface area (Å²) in [6.45, 7) is 0.190. The van der Waals surface area contributed by atoms with Gasteiger partial charge in [-0.25, -0.2) is 4.98 Å². The molecule has 0 aliphatic rings. The summed E-state index contributed by atoms with van der Waals surface area (Å²) in [5.41, 5.74) is 0.595. The van der Waals surface area contributed by atoms with Crippen molar-refractivity contribution in [3.8, 4) is 11.8 Å². The van der Waals surface area contributed by atoms with Crippen molar-refractivity contribution in [1.29, 1.82) is 5.26 Å². The Morgan fingerprint density at radius 1 is 1.53 bits per heavy atom. The van der Waals surface area contributed by atoms with Crippen LogP contribution in [-0.4, -0.2) is 17.8 Å². The molecule has 0 aliphatic heterocycles. The van der Waals surface area contributed by atoms with E-state index in [1.165, 1.54) is 6.07 Å². The number of aromatic nitrogens is 1. The van der Waals surface area contributed by atoms with E-state index in [-0.39, 0.29) is 11.4 Å². The van der Waals surface area contributed by atoms with Gasteiger partial charge in [-0.15, -0.1) is 0 Å². The van der Waals surface area contributed by atoms with Gasteiger partial charge in [0.15, 0.2) is 6.61 Å². The molecule has 0 bridgehead atoms. The Kier molecular flexibility index (Phi) is 3.14. The van der Waals surface area contributed by atoms with E-state index < -0.39 is 12.8 Å². The van der Waals surface area contributed by atoms with Crippen LogP contribution in [0.25, 0.3) is 0 Å². The first-order valence-corrected chi connectivity index (χ1v) is 3.98. The standard InChI is InChI=1S/C9H7F3N2O/c1-6-2-7(3-13)14-4-8(6)15-5-9(10,11)12/h2,4H,5H2,1H3. The van der Waals surface area contributed by atoms with E-state index in [4.69, 9.17) is 5.26 Å². The van der Waals surface area contributed by atoms with Crippen molar-refractivity contribution in [2.45, 2.75) is 13.1 Å². The van der Waals surface area contributed by atoms with Crippen molar-refractivity contribution in [2.24, 2.45) is 0 Å². The zero-order valence-corrected chi connectivity index (χ0v) is 7.80. The number of nitrogens with zero attached hydrogens (tertiary/aromatic N) is 2. The van der Waals surface area contributed by atoms with Gasteiger partial charge in [0, 0.05) is 0 Å². The molecule has 0 aromatic carbocycles. The van der Waals surface area contributed by atoms with E-state index in [0.29, 0.717) is 5.56 Å². The van der Waals surface area contributed by atoms with Gasteiger partial charge in [-0.1, -0.05) is 0 Å². The van der Waals surface area contributed by atoms with Crippen LogP contribution in [-0.2, 0) is 0 Å². The van der Waals surface area contributed by atoms with Crippen LogP contribution in [0.3, 0.4) is 0 Å². The number of nitriles is 1. The summed E-state index contributed by atoms with van der Waals surface area (Å²) < 4.78 is 40.0. The van der Waals surface area contributed by atoms with Crippen molar-refractivity contribution < 1.29 is 17.9 Å². The minimum Gasteiger partial charge on any atom is -0.482 e. The van der Waals surface area contributed by atoms with Crippen LogP contribution in [0, 0.1) is 18.3 Å². The molecule has 3 nitrogen and oxygen atoms in total. The highest BCUT2D eigenvalue weighted by Crippen LogP contribution is 2.21. The summed E-state index contributed by atoms with van der Waals surface area (Å²) >= 11 is 0. The molecule has 0 unspecified atom stereocenters. The number of rotatable bonds is 2. The lowest BCUT2D eigenvalue weighted by molar-refractivity contribution is -0.153. The Bertz CT molecular complexity index is 395. The molecule has 0 atom stereocenters. The van der Waals surface area contributed by atoms with Gasteiger partial charge in [0.05, 0.1) is 6.20 Å². The van der Waals surface area contributed by atoms with Gasteiger partial charge >= 0.3 is 6.18 Å². The van der Waals surface area contributed by atoms with Crippen molar-refractivity contribution >= 4 is 0 Å². The van der Waals surface area contributed by atoms with Gasteiger partial charge in [-0.05, 0) is 18.6 Å². The number of halogens is 3. The summed E-state index contributed by atoms with van der Waals surface area (Å²) in [6.07, 6.45) is -3.26. The fourth-order valence-electron chi connectivity index (χ4n) is 0.915. The Hall–Kier alpha value is -1.77. The normalized spacial score (nSPS) is 10.9. The van der Waals surface area contributed by atoms with E-state index in [0.717, 1.165) is 6.20 Å². The molecule has 0 aliphatic carbocycles. The molecule has 0 saturated heterocycles. The first-order valence-electron chi connectivity index (χ1n) is 3.98. The highest BCUT2D eigenvalue weighted by Gasteiger charge is 2.28. The first kappa shape index (κ1) is 11.3. The molecule has 0 radical (unpaired) electrons. The Balaban J connectivity index is 2.76. The van der Waals surface area contributed by atoms with E-state index in [9.17, 15) is 13.2 Å². The average Bonchev–Trinajstić information content (AvgIpc) is 2.14. The van der Waals surface area contributed by atoms with E-state index in [1.54, 1.807) is 13.0 Å². The summed E-state index contributed by atoms with van der Waals surface area (Å²) in [4.78, 5) is 3.61. The van der Waals surface area contributed by atoms with E-state index >= 15 is 0 Å². The number of hydrogen-bond donors (Lipinski definition) is 0. The maximum absolute atomic E-state index is 11.8. The molecule has 0 fully saturated rings. The van der Waals surface area contributed by atoms with Gasteiger partial charge < -0.3 is 4.74 Å². The minimum absolute atomic E-state index is 0.0336. The molecule has 6 heteroatoms. The summed E-state index contributed by atoms with van der Waals surface area (Å²) in [7, 11) is 0. The molecule has 0 spiro atoms. The zero-order chi connectivity index (χ0) is 11.5. The van der Waals surface area contributed by atoms with Crippen molar-refractivity contribution in [3.63, 3.8) is 0 Å². The van der Waals surface area contributed by atoms with Crippen molar-refractivity contribution in [1.82, 2.24) is 4.98 Å². The predicted octanol–water partition coefficient (Wildman–Crippen LogP) is 2.20. The quantitative estimate of drug-likeness (QED) is 0.761. The highest BCUT2D eigenvalue weighted by atomic mass is 19.4. The number of alkyl halides is 3. The smallest absolute Gasteiger partial charge is 0.422 e. The van der Waals surface area contributed by atoms with Gasteiger partial charge in [-0.3, -0.25) is 0 Å². The van der Waals surface area contributed by atoms with E-state index in [1.807, 2.05) is 0 Å². The molecule has 0 amide bonds. The molecule has 1 aromatic heterocycles. The SMILES string of the molecule is Cc1cc(C#N)ncc1OCC(F)(F)F. The van der Waals surface area contributed by atoms with Crippen LogP contribution < -0.4 is 4.74 Å². The third kappa shape index (κ3) is 3.46. The molecule has 0 saturated carbocycles. The zero-order valence-electron chi connectivity index (χ0n) is 7.80. The fraction of sp³-hybridized carbons (Fsp3) is 0.333. The predicted molar refractivity (Wildman–Crippen MR) is 45.2 cm³/mol. The maximum Gasteiger partial charge on any atom is 0.422 e. The second-order valence-electron chi connectivity index (χ2n) is 2.85. The van der Waals surface area contributed by atoms with Crippen LogP contribution in [0.5, 0.6) is 5.75 Å². The lowest BCUT2D eigenvalue weighted by atomic mass is 10.2. The minimum atomic E-state index is -4.37. The van der Waals surface area contributed by atoms with Gasteiger partial charge in [0.2, 0.25) is 0 Å². The van der Waals surface area contributed by atoms with Crippen LogP contribution >= 0.6 is 0 Å². The second kappa shape index (κ2) is 4.17. The number of ether oxygens (including phenoxy) is 1.